The highest BCUT2D eigenvalue weighted by molar-refractivity contribution is 7.91. The standard InChI is InChI=1S/C25H27N9O6S2/c26-22(35)17(10-13-12-29-16-5-2-1-4-15(13)16)30-25(38)18-11-14(34-21(24(28)37)20(23(27)36)31-32-34)7-8-33(18)42(39,40)19-6-3-9-41-19/h1-6,9,12,14,17-18,29H,7-8,10-11H2,(H2,26,35)(H2,27,36)(H2,28,37)(H,30,38)/t14-,17+,18-/m0/s1. The van der Waals surface area contributed by atoms with Gasteiger partial charge in [0.15, 0.2) is 11.4 Å². The number of carbonyl (C=O) groups is 4. The first-order valence-corrected chi connectivity index (χ1v) is 15.1. The van der Waals surface area contributed by atoms with Crippen molar-refractivity contribution < 1.29 is 27.6 Å². The second kappa shape index (κ2) is 11.3. The van der Waals surface area contributed by atoms with Crippen molar-refractivity contribution in [3.05, 3.63) is 64.9 Å². The van der Waals surface area contributed by atoms with E-state index in [0.29, 0.717) is 0 Å². The van der Waals surface area contributed by atoms with Crippen molar-refractivity contribution in [3.8, 4) is 0 Å². The maximum absolute atomic E-state index is 13.8. The Bertz CT molecular complexity index is 1780. The highest BCUT2D eigenvalue weighted by atomic mass is 32.2. The van der Waals surface area contributed by atoms with E-state index in [4.69, 9.17) is 17.2 Å². The van der Waals surface area contributed by atoms with Crippen LogP contribution in [0.25, 0.3) is 10.9 Å². The predicted octanol–water partition coefficient (Wildman–Crippen LogP) is -0.374. The van der Waals surface area contributed by atoms with Crippen molar-refractivity contribution in [1.29, 1.82) is 0 Å². The largest absolute Gasteiger partial charge is 0.368 e. The van der Waals surface area contributed by atoms with Gasteiger partial charge in [-0.15, -0.1) is 16.4 Å². The van der Waals surface area contributed by atoms with Crippen LogP contribution in [0.1, 0.15) is 45.4 Å². The summed E-state index contributed by atoms with van der Waals surface area (Å²) in [6, 6.07) is 7.12. The molecule has 1 saturated heterocycles. The number of sulfonamides is 1. The maximum Gasteiger partial charge on any atom is 0.271 e. The van der Waals surface area contributed by atoms with Crippen molar-refractivity contribution in [2.24, 2.45) is 17.2 Å². The molecule has 0 bridgehead atoms. The number of aromatic nitrogens is 4. The summed E-state index contributed by atoms with van der Waals surface area (Å²) < 4.78 is 29.3. The number of hydrogen-bond donors (Lipinski definition) is 5. The summed E-state index contributed by atoms with van der Waals surface area (Å²) in [5.41, 5.74) is 17.2. The SMILES string of the molecule is NC(=O)c1nnn([C@H]2CCN(S(=O)(=O)c3cccs3)[C@H](C(=O)N[C@H](Cc3c[nH]c4ccccc34)C(N)=O)C2)c1C(N)=O. The Morgan fingerprint density at radius 3 is 2.52 bits per heavy atom. The monoisotopic (exact) mass is 613 g/mol. The maximum atomic E-state index is 13.8. The Hall–Kier alpha value is -4.61. The Balaban J connectivity index is 1.47. The van der Waals surface area contributed by atoms with Crippen LogP contribution in [0.3, 0.4) is 0 Å². The molecule has 4 aromatic rings. The van der Waals surface area contributed by atoms with Gasteiger partial charge in [-0.05, 0) is 35.9 Å². The van der Waals surface area contributed by atoms with Crippen LogP contribution < -0.4 is 22.5 Å². The fourth-order valence-corrected chi connectivity index (χ4v) is 7.89. The van der Waals surface area contributed by atoms with E-state index in [9.17, 15) is 27.6 Å². The van der Waals surface area contributed by atoms with E-state index < -0.39 is 57.5 Å². The lowest BCUT2D eigenvalue weighted by Crippen LogP contribution is -2.57. The second-order valence-electron chi connectivity index (χ2n) is 9.73. The summed E-state index contributed by atoms with van der Waals surface area (Å²) in [7, 11) is -4.13. The topological polar surface area (TPSA) is 242 Å². The molecule has 0 spiro atoms. The van der Waals surface area contributed by atoms with E-state index in [-0.39, 0.29) is 35.7 Å². The number of hydrogen-bond acceptors (Lipinski definition) is 9. The second-order valence-corrected chi connectivity index (χ2v) is 12.8. The molecule has 0 radical (unpaired) electrons. The molecule has 4 amide bonds. The van der Waals surface area contributed by atoms with Crippen LogP contribution in [0, 0.1) is 0 Å². The van der Waals surface area contributed by atoms with Crippen LogP contribution >= 0.6 is 11.3 Å². The summed E-state index contributed by atoms with van der Waals surface area (Å²) in [5.74, 6) is -3.63. The smallest absolute Gasteiger partial charge is 0.271 e. The molecule has 17 heteroatoms. The summed E-state index contributed by atoms with van der Waals surface area (Å²) >= 11 is 0.991. The minimum absolute atomic E-state index is 0.0265. The van der Waals surface area contributed by atoms with Crippen LogP contribution in [-0.4, -0.2) is 75.0 Å². The minimum Gasteiger partial charge on any atom is -0.368 e. The Labute approximate surface area is 243 Å². The molecule has 0 unspecified atom stereocenters. The molecule has 5 rings (SSSR count). The van der Waals surface area contributed by atoms with Gasteiger partial charge in [-0.1, -0.05) is 29.5 Å². The highest BCUT2D eigenvalue weighted by Crippen LogP contribution is 2.33. The van der Waals surface area contributed by atoms with Gasteiger partial charge in [0, 0.05) is 30.1 Å². The van der Waals surface area contributed by atoms with Crippen LogP contribution in [0.4, 0.5) is 0 Å². The number of benzene rings is 1. The van der Waals surface area contributed by atoms with Crippen LogP contribution in [-0.2, 0) is 26.0 Å². The van der Waals surface area contributed by atoms with Gasteiger partial charge in [-0.25, -0.2) is 13.1 Å². The summed E-state index contributed by atoms with van der Waals surface area (Å²) in [6.45, 7) is -0.156. The fourth-order valence-electron chi connectivity index (χ4n) is 5.15. The lowest BCUT2D eigenvalue weighted by atomic mass is 9.97. The van der Waals surface area contributed by atoms with Gasteiger partial charge in [0.2, 0.25) is 11.8 Å². The highest BCUT2D eigenvalue weighted by Gasteiger charge is 2.43. The van der Waals surface area contributed by atoms with E-state index in [1.165, 1.54) is 6.07 Å². The van der Waals surface area contributed by atoms with Gasteiger partial charge in [0.05, 0.1) is 6.04 Å². The molecule has 42 heavy (non-hydrogen) atoms. The molecule has 220 valence electrons. The summed E-state index contributed by atoms with van der Waals surface area (Å²) in [4.78, 5) is 53.4. The number of thiophene rings is 1. The minimum atomic E-state index is -4.13. The lowest BCUT2D eigenvalue weighted by Gasteiger charge is -2.37. The molecule has 4 heterocycles. The first kappa shape index (κ1) is 28.9. The van der Waals surface area contributed by atoms with Crippen LogP contribution in [0.15, 0.2) is 52.2 Å². The van der Waals surface area contributed by atoms with Gasteiger partial charge in [0.1, 0.15) is 16.3 Å². The zero-order valence-corrected chi connectivity index (χ0v) is 23.6. The molecule has 3 aromatic heterocycles. The van der Waals surface area contributed by atoms with Crippen molar-refractivity contribution in [1.82, 2.24) is 29.6 Å². The molecular formula is C25H27N9O6S2. The third-order valence-electron chi connectivity index (χ3n) is 7.15. The Kier molecular flexibility index (Phi) is 7.81. The van der Waals surface area contributed by atoms with Gasteiger partial charge >= 0.3 is 0 Å². The number of para-hydroxylation sites is 1. The molecule has 1 aromatic carbocycles. The van der Waals surface area contributed by atoms with Gasteiger partial charge in [0.25, 0.3) is 21.8 Å². The predicted molar refractivity (Wildman–Crippen MR) is 150 cm³/mol. The number of amides is 4. The molecule has 0 aliphatic carbocycles. The Morgan fingerprint density at radius 2 is 1.86 bits per heavy atom. The third-order valence-corrected chi connectivity index (χ3v) is 10.4. The summed E-state index contributed by atoms with van der Waals surface area (Å²) in [6.07, 6.45) is 1.68. The normalized spacial score (nSPS) is 18.5. The molecule has 0 saturated carbocycles. The fraction of sp³-hybridized carbons (Fsp3) is 0.280. The number of nitrogens with two attached hydrogens (primary N) is 3. The van der Waals surface area contributed by atoms with Crippen LogP contribution in [0.2, 0.25) is 0 Å². The molecule has 3 atom stereocenters. The number of nitrogens with zero attached hydrogens (tertiary/aromatic N) is 4. The number of H-pyrrole nitrogens is 1. The average Bonchev–Trinajstić information content (AvgIpc) is 3.73. The number of rotatable bonds is 10. The van der Waals surface area contributed by atoms with E-state index in [0.717, 1.165) is 36.8 Å². The van der Waals surface area contributed by atoms with Gasteiger partial charge in [-0.2, -0.15) is 4.31 Å². The molecule has 8 N–H and O–H groups in total. The first-order chi connectivity index (χ1) is 20.0. The van der Waals surface area contributed by atoms with E-state index >= 15 is 0 Å². The number of primary amides is 3. The van der Waals surface area contributed by atoms with E-state index in [1.54, 1.807) is 17.6 Å². The first-order valence-electron chi connectivity index (χ1n) is 12.7. The molecular weight excluding hydrogens is 586 g/mol. The van der Waals surface area contributed by atoms with Crippen molar-refractivity contribution in [2.45, 2.75) is 41.6 Å². The molecule has 15 nitrogen and oxygen atoms in total. The van der Waals surface area contributed by atoms with E-state index in [1.807, 2.05) is 24.3 Å². The van der Waals surface area contributed by atoms with E-state index in [2.05, 4.69) is 20.6 Å². The zero-order valence-electron chi connectivity index (χ0n) is 22.0. The molecule has 1 fully saturated rings. The lowest BCUT2D eigenvalue weighted by molar-refractivity contribution is -0.130. The number of aromatic amines is 1. The van der Waals surface area contributed by atoms with Gasteiger partial charge in [-0.3, -0.25) is 19.2 Å². The molecule has 1 aliphatic heterocycles. The van der Waals surface area contributed by atoms with Crippen molar-refractivity contribution in [3.63, 3.8) is 0 Å². The third kappa shape index (κ3) is 5.36. The number of fused-ring (bicyclic) bond motifs is 1. The van der Waals surface area contributed by atoms with Gasteiger partial charge < -0.3 is 27.5 Å². The van der Waals surface area contributed by atoms with Crippen molar-refractivity contribution >= 4 is 55.9 Å². The zero-order chi connectivity index (χ0) is 30.2. The van der Waals surface area contributed by atoms with Crippen molar-refractivity contribution in [2.75, 3.05) is 6.54 Å². The Morgan fingerprint density at radius 1 is 1.10 bits per heavy atom. The van der Waals surface area contributed by atoms with Crippen LogP contribution in [0.5, 0.6) is 0 Å². The number of nitrogens with one attached hydrogen (secondary N) is 2. The molecule has 1 aliphatic rings. The average molecular weight is 614 g/mol. The summed E-state index contributed by atoms with van der Waals surface area (Å²) in [5, 5.41) is 12.6. The quantitative estimate of drug-likeness (QED) is 0.158. The number of carbonyl (C=O) groups excluding carboxylic acids is 4. The number of piperidine rings is 1.